The molecule has 1 saturated heterocycles. The van der Waals surface area contributed by atoms with Crippen molar-refractivity contribution in [2.24, 2.45) is 0 Å². The zero-order chi connectivity index (χ0) is 19.6. The highest BCUT2D eigenvalue weighted by Crippen LogP contribution is 2.27. The molecule has 4 aromatic heterocycles. The monoisotopic (exact) mass is 404 g/mol. The molecule has 8 heteroatoms. The van der Waals surface area contributed by atoms with Crippen LogP contribution in [0.25, 0.3) is 27.5 Å². The smallest absolute Gasteiger partial charge is 0.251 e. The minimum Gasteiger partial charge on any atom is -0.350 e. The van der Waals surface area contributed by atoms with E-state index in [1.165, 1.54) is 0 Å². The molecule has 0 saturated carbocycles. The molecule has 4 aromatic rings. The van der Waals surface area contributed by atoms with Crippen LogP contribution in [0.2, 0.25) is 0 Å². The average molecular weight is 404 g/mol. The number of rotatable bonds is 5. The van der Waals surface area contributed by atoms with E-state index < -0.39 is 0 Å². The number of hydrogen-bond acceptors (Lipinski definition) is 6. The molecule has 0 spiro atoms. The summed E-state index contributed by atoms with van der Waals surface area (Å²) in [4.78, 5) is 22.9. The lowest BCUT2D eigenvalue weighted by Gasteiger charge is -2.11. The van der Waals surface area contributed by atoms with Gasteiger partial charge in [0, 0.05) is 30.5 Å². The van der Waals surface area contributed by atoms with Gasteiger partial charge < -0.3 is 10.6 Å². The Bertz CT molecular complexity index is 1150. The van der Waals surface area contributed by atoms with E-state index in [4.69, 9.17) is 4.98 Å². The first kappa shape index (κ1) is 18.0. The van der Waals surface area contributed by atoms with Crippen LogP contribution in [-0.2, 0) is 0 Å². The van der Waals surface area contributed by atoms with Crippen LogP contribution < -0.4 is 10.6 Å². The molecule has 0 radical (unpaired) electrons. The maximum atomic E-state index is 12.6. The fourth-order valence-corrected chi connectivity index (χ4v) is 4.27. The first-order valence-corrected chi connectivity index (χ1v) is 10.5. The first-order valence-electron chi connectivity index (χ1n) is 9.64. The summed E-state index contributed by atoms with van der Waals surface area (Å²) in [6.45, 7) is 1.66. The van der Waals surface area contributed by atoms with Crippen LogP contribution in [0.5, 0.6) is 0 Å². The van der Waals surface area contributed by atoms with E-state index in [0.29, 0.717) is 23.8 Å². The number of carbonyl (C=O) groups excluding carboxylic acids is 1. The highest BCUT2D eigenvalue weighted by atomic mass is 32.1. The molecular formula is C21H20N6OS. The van der Waals surface area contributed by atoms with E-state index in [-0.39, 0.29) is 5.91 Å². The topological polar surface area (TPSA) is 84.2 Å². The van der Waals surface area contributed by atoms with E-state index in [1.54, 1.807) is 40.4 Å². The second kappa shape index (κ2) is 7.73. The third-order valence-electron chi connectivity index (χ3n) is 5.11. The van der Waals surface area contributed by atoms with Crippen molar-refractivity contribution in [3.8, 4) is 21.8 Å². The average Bonchev–Trinajstić information content (AvgIpc) is 3.53. The molecule has 1 fully saturated rings. The number of amides is 1. The van der Waals surface area contributed by atoms with E-state index >= 15 is 0 Å². The van der Waals surface area contributed by atoms with Crippen molar-refractivity contribution in [1.29, 1.82) is 0 Å². The van der Waals surface area contributed by atoms with Gasteiger partial charge in [0.15, 0.2) is 5.65 Å². The van der Waals surface area contributed by atoms with E-state index in [0.717, 1.165) is 41.2 Å². The second-order valence-corrected chi connectivity index (χ2v) is 8.00. The molecule has 5 heterocycles. The summed E-state index contributed by atoms with van der Waals surface area (Å²) in [6, 6.07) is 9.89. The molecule has 29 heavy (non-hydrogen) atoms. The highest BCUT2D eigenvalue weighted by Gasteiger charge is 2.17. The summed E-state index contributed by atoms with van der Waals surface area (Å²) in [5.74, 6) is -0.0916. The zero-order valence-corrected chi connectivity index (χ0v) is 16.5. The molecule has 7 nitrogen and oxygen atoms in total. The summed E-state index contributed by atoms with van der Waals surface area (Å²) in [5.41, 5.74) is 3.68. The Morgan fingerprint density at radius 3 is 3.10 bits per heavy atom. The Labute approximate surface area is 171 Å². The second-order valence-electron chi connectivity index (χ2n) is 7.05. The summed E-state index contributed by atoms with van der Waals surface area (Å²) in [7, 11) is 0. The number of carbonyl (C=O) groups is 1. The minimum atomic E-state index is -0.0916. The molecule has 2 N–H and O–H groups in total. The standard InChI is InChI=1S/C21H20N6OS/c28-21(24-12-15-3-1-7-22-15)14-5-8-23-18(11-14)16-13-25-27-9-6-17(26-20(16)27)19-4-2-10-29-19/h2,4-6,8-11,13,15,22H,1,3,7,12H2,(H,24,28). The Morgan fingerprint density at radius 1 is 1.31 bits per heavy atom. The predicted molar refractivity (Wildman–Crippen MR) is 113 cm³/mol. The van der Waals surface area contributed by atoms with Crippen molar-refractivity contribution in [1.82, 2.24) is 30.2 Å². The van der Waals surface area contributed by atoms with E-state index in [1.807, 2.05) is 29.8 Å². The lowest BCUT2D eigenvalue weighted by molar-refractivity contribution is 0.0950. The van der Waals surface area contributed by atoms with Crippen LogP contribution in [0, 0.1) is 0 Å². The van der Waals surface area contributed by atoms with Crippen LogP contribution >= 0.6 is 11.3 Å². The highest BCUT2D eigenvalue weighted by molar-refractivity contribution is 7.13. The fourth-order valence-electron chi connectivity index (χ4n) is 3.58. The van der Waals surface area contributed by atoms with Crippen molar-refractivity contribution in [2.75, 3.05) is 13.1 Å². The zero-order valence-electron chi connectivity index (χ0n) is 15.7. The number of nitrogens with one attached hydrogen (secondary N) is 2. The van der Waals surface area contributed by atoms with Crippen LogP contribution in [0.1, 0.15) is 23.2 Å². The fraction of sp³-hybridized carbons (Fsp3) is 0.238. The molecule has 1 aliphatic heterocycles. The molecule has 146 valence electrons. The van der Waals surface area contributed by atoms with Crippen molar-refractivity contribution in [3.05, 3.63) is 59.9 Å². The van der Waals surface area contributed by atoms with E-state index in [9.17, 15) is 4.79 Å². The van der Waals surface area contributed by atoms with Gasteiger partial charge >= 0.3 is 0 Å². The molecule has 0 aliphatic carbocycles. The SMILES string of the molecule is O=C(NCC1CCCN1)c1ccnc(-c2cnn3ccc(-c4cccs4)nc23)c1. The number of aromatic nitrogens is 4. The van der Waals surface area contributed by atoms with Crippen LogP contribution in [0.15, 0.2) is 54.3 Å². The van der Waals surface area contributed by atoms with Gasteiger partial charge in [0.1, 0.15) is 0 Å². The minimum absolute atomic E-state index is 0.0916. The number of pyridine rings is 1. The third-order valence-corrected chi connectivity index (χ3v) is 6.00. The van der Waals surface area contributed by atoms with Gasteiger partial charge in [-0.1, -0.05) is 6.07 Å². The van der Waals surface area contributed by atoms with Crippen LogP contribution in [0.4, 0.5) is 0 Å². The molecule has 1 unspecified atom stereocenters. The quantitative estimate of drug-likeness (QED) is 0.534. The summed E-state index contributed by atoms with van der Waals surface area (Å²) in [5, 5.41) is 12.8. The summed E-state index contributed by atoms with van der Waals surface area (Å²) >= 11 is 1.65. The first-order chi connectivity index (χ1) is 14.3. The number of fused-ring (bicyclic) bond motifs is 1. The molecule has 0 aromatic carbocycles. The Kier molecular flexibility index (Phi) is 4.79. The van der Waals surface area contributed by atoms with Gasteiger partial charge in [0.2, 0.25) is 0 Å². The molecular weight excluding hydrogens is 384 g/mol. The number of hydrogen-bond donors (Lipinski definition) is 2. The van der Waals surface area contributed by atoms with Crippen LogP contribution in [-0.4, -0.2) is 44.6 Å². The molecule has 0 bridgehead atoms. The van der Waals surface area contributed by atoms with Gasteiger partial charge in [-0.05, 0) is 49.0 Å². The normalized spacial score (nSPS) is 16.3. The van der Waals surface area contributed by atoms with Gasteiger partial charge in [0.25, 0.3) is 5.91 Å². The molecule has 1 atom stereocenters. The van der Waals surface area contributed by atoms with E-state index in [2.05, 4.69) is 20.7 Å². The van der Waals surface area contributed by atoms with Gasteiger partial charge in [-0.3, -0.25) is 9.78 Å². The Hall–Kier alpha value is -3.10. The summed E-state index contributed by atoms with van der Waals surface area (Å²) in [6.07, 6.45) is 7.56. The summed E-state index contributed by atoms with van der Waals surface area (Å²) < 4.78 is 1.73. The molecule has 1 aliphatic rings. The maximum Gasteiger partial charge on any atom is 0.251 e. The molecule has 1 amide bonds. The van der Waals surface area contributed by atoms with Gasteiger partial charge in [0.05, 0.1) is 28.0 Å². The van der Waals surface area contributed by atoms with Crippen molar-refractivity contribution < 1.29 is 4.79 Å². The maximum absolute atomic E-state index is 12.6. The number of nitrogens with zero attached hydrogens (tertiary/aromatic N) is 4. The van der Waals surface area contributed by atoms with Crippen LogP contribution in [0.3, 0.4) is 0 Å². The van der Waals surface area contributed by atoms with Gasteiger partial charge in [-0.15, -0.1) is 11.3 Å². The lowest BCUT2D eigenvalue weighted by atomic mass is 10.1. The molecule has 5 rings (SSSR count). The Balaban J connectivity index is 1.43. The van der Waals surface area contributed by atoms with Gasteiger partial charge in [-0.25, -0.2) is 9.50 Å². The van der Waals surface area contributed by atoms with Crippen molar-refractivity contribution in [2.45, 2.75) is 18.9 Å². The number of thiophene rings is 1. The van der Waals surface area contributed by atoms with Crippen molar-refractivity contribution in [3.63, 3.8) is 0 Å². The van der Waals surface area contributed by atoms with Crippen molar-refractivity contribution >= 4 is 22.9 Å². The Morgan fingerprint density at radius 2 is 2.28 bits per heavy atom. The predicted octanol–water partition coefficient (Wildman–Crippen LogP) is 3.00. The van der Waals surface area contributed by atoms with Gasteiger partial charge in [-0.2, -0.15) is 5.10 Å². The third kappa shape index (κ3) is 3.64. The largest absolute Gasteiger partial charge is 0.350 e. The lowest BCUT2D eigenvalue weighted by Crippen LogP contribution is -2.37.